The van der Waals surface area contributed by atoms with E-state index in [2.05, 4.69) is 97.1 Å². The molecule has 0 fully saturated rings. The van der Waals surface area contributed by atoms with Crippen molar-refractivity contribution in [3.05, 3.63) is 133 Å². The van der Waals surface area contributed by atoms with Crippen LogP contribution in [-0.4, -0.2) is 0 Å². The summed E-state index contributed by atoms with van der Waals surface area (Å²) >= 11 is 1.79. The molecule has 0 aliphatic heterocycles. The van der Waals surface area contributed by atoms with Crippen LogP contribution in [0.1, 0.15) is 5.56 Å². The maximum atomic E-state index is 10.6. The number of fused-ring (bicyclic) bond motifs is 6. The van der Waals surface area contributed by atoms with Crippen LogP contribution in [0.5, 0.6) is 0 Å². The molecule has 0 aliphatic carbocycles. The maximum absolute atomic E-state index is 10.6. The molecule has 2 aromatic heterocycles. The highest BCUT2D eigenvalue weighted by atomic mass is 32.1. The van der Waals surface area contributed by atoms with Crippen LogP contribution < -0.4 is 0 Å². The minimum atomic E-state index is 0.675. The number of furan rings is 1. The molecule has 6 aromatic carbocycles. The summed E-state index contributed by atoms with van der Waals surface area (Å²) in [4.78, 5) is 0. The first-order valence-corrected chi connectivity index (χ1v) is 14.1. The van der Waals surface area contributed by atoms with Crippen molar-refractivity contribution in [2.45, 2.75) is 0 Å². The van der Waals surface area contributed by atoms with Crippen LogP contribution in [0.3, 0.4) is 0 Å². The fourth-order valence-corrected chi connectivity index (χ4v) is 7.08. The number of nitriles is 1. The van der Waals surface area contributed by atoms with Crippen LogP contribution in [0.15, 0.2) is 132 Å². The first-order valence-electron chi connectivity index (χ1n) is 13.2. The van der Waals surface area contributed by atoms with Gasteiger partial charge in [0.2, 0.25) is 0 Å². The van der Waals surface area contributed by atoms with Crippen molar-refractivity contribution in [3.8, 4) is 39.4 Å². The summed E-state index contributed by atoms with van der Waals surface area (Å²) < 4.78 is 8.90. The molecule has 40 heavy (non-hydrogen) atoms. The Morgan fingerprint density at radius 3 is 2.08 bits per heavy atom. The van der Waals surface area contributed by atoms with Gasteiger partial charge >= 0.3 is 0 Å². The van der Waals surface area contributed by atoms with E-state index >= 15 is 0 Å². The van der Waals surface area contributed by atoms with E-state index in [1.807, 2.05) is 36.4 Å². The second-order valence-corrected chi connectivity index (χ2v) is 11.1. The van der Waals surface area contributed by atoms with Crippen LogP contribution >= 0.6 is 11.3 Å². The zero-order valence-corrected chi connectivity index (χ0v) is 22.2. The predicted molar refractivity (Wildman–Crippen MR) is 168 cm³/mol. The highest BCUT2D eigenvalue weighted by molar-refractivity contribution is 7.25. The molecule has 0 amide bonds. The molecule has 0 aliphatic rings. The van der Waals surface area contributed by atoms with Gasteiger partial charge in [0.05, 0.1) is 5.56 Å². The molecule has 0 N–H and O–H groups in total. The van der Waals surface area contributed by atoms with E-state index in [1.165, 1.54) is 20.2 Å². The summed E-state index contributed by atoms with van der Waals surface area (Å²) in [5.74, 6) is 0. The van der Waals surface area contributed by atoms with E-state index in [9.17, 15) is 5.26 Å². The van der Waals surface area contributed by atoms with Gasteiger partial charge in [-0.1, -0.05) is 97.1 Å². The van der Waals surface area contributed by atoms with Gasteiger partial charge in [0.15, 0.2) is 0 Å². The topological polar surface area (TPSA) is 36.9 Å². The third-order valence-corrected chi connectivity index (χ3v) is 8.88. The number of hydrogen-bond donors (Lipinski definition) is 0. The average Bonchev–Trinajstić information content (AvgIpc) is 3.59. The first-order chi connectivity index (χ1) is 19.8. The highest BCUT2D eigenvalue weighted by Crippen LogP contribution is 2.45. The Kier molecular flexibility index (Phi) is 5.10. The Morgan fingerprint density at radius 1 is 0.525 bits per heavy atom. The van der Waals surface area contributed by atoms with Gasteiger partial charge in [-0.3, -0.25) is 0 Å². The normalized spacial score (nSPS) is 11.5. The molecule has 0 saturated carbocycles. The molecule has 0 atom stereocenters. The van der Waals surface area contributed by atoms with E-state index in [1.54, 1.807) is 11.3 Å². The van der Waals surface area contributed by atoms with Gasteiger partial charge in [0.1, 0.15) is 17.2 Å². The van der Waals surface area contributed by atoms with E-state index in [0.29, 0.717) is 5.56 Å². The number of thiophene rings is 1. The van der Waals surface area contributed by atoms with Crippen LogP contribution in [-0.2, 0) is 0 Å². The van der Waals surface area contributed by atoms with Crippen molar-refractivity contribution in [2.24, 2.45) is 0 Å². The lowest BCUT2D eigenvalue weighted by atomic mass is 9.87. The number of benzene rings is 6. The van der Waals surface area contributed by atoms with Gasteiger partial charge in [-0.05, 0) is 47.0 Å². The minimum Gasteiger partial charge on any atom is -0.455 e. The summed E-state index contributed by atoms with van der Waals surface area (Å²) in [5.41, 5.74) is 8.38. The lowest BCUT2D eigenvalue weighted by molar-refractivity contribution is 0.670. The Bertz CT molecular complexity index is 2280. The maximum Gasteiger partial charge on any atom is 0.143 e. The molecule has 0 saturated heterocycles. The fraction of sp³-hybridized carbons (Fsp3) is 0. The molecule has 0 unspecified atom stereocenters. The third-order valence-electron chi connectivity index (χ3n) is 7.74. The minimum absolute atomic E-state index is 0.675. The molecular weight excluding hydrogens is 506 g/mol. The van der Waals surface area contributed by atoms with Crippen molar-refractivity contribution >= 4 is 53.4 Å². The second-order valence-electron chi connectivity index (χ2n) is 9.98. The van der Waals surface area contributed by atoms with Crippen molar-refractivity contribution in [1.29, 1.82) is 5.26 Å². The molecule has 8 aromatic rings. The first kappa shape index (κ1) is 22.8. The monoisotopic (exact) mass is 527 g/mol. The highest BCUT2D eigenvalue weighted by Gasteiger charge is 2.20. The summed E-state index contributed by atoms with van der Waals surface area (Å²) in [5, 5.41) is 15.2. The summed E-state index contributed by atoms with van der Waals surface area (Å²) in [6.45, 7) is 0. The molecular formula is C37H21NOS. The van der Waals surface area contributed by atoms with Gasteiger partial charge in [-0.15, -0.1) is 11.3 Å². The molecule has 3 heteroatoms. The van der Waals surface area contributed by atoms with Crippen molar-refractivity contribution in [3.63, 3.8) is 0 Å². The van der Waals surface area contributed by atoms with Gasteiger partial charge in [0, 0.05) is 47.6 Å². The zero-order valence-electron chi connectivity index (χ0n) is 21.4. The largest absolute Gasteiger partial charge is 0.455 e. The molecule has 2 heterocycles. The van der Waals surface area contributed by atoms with Crippen LogP contribution in [0.4, 0.5) is 0 Å². The predicted octanol–water partition coefficient (Wildman–Crippen LogP) is 10.8. The van der Waals surface area contributed by atoms with Gasteiger partial charge in [0.25, 0.3) is 0 Å². The third kappa shape index (κ3) is 3.41. The molecule has 2 nitrogen and oxygen atoms in total. The van der Waals surface area contributed by atoms with E-state index in [-0.39, 0.29) is 0 Å². The molecule has 0 spiro atoms. The zero-order chi connectivity index (χ0) is 26.6. The van der Waals surface area contributed by atoms with Gasteiger partial charge in [-0.2, -0.15) is 5.26 Å². The van der Waals surface area contributed by atoms with Crippen molar-refractivity contribution < 1.29 is 4.42 Å². The van der Waals surface area contributed by atoms with Crippen molar-refractivity contribution in [1.82, 2.24) is 0 Å². The van der Waals surface area contributed by atoms with E-state index in [4.69, 9.17) is 4.42 Å². The number of nitrogens with zero attached hydrogens (tertiary/aromatic N) is 1. The Hall–Kier alpha value is -5.17. The van der Waals surface area contributed by atoms with Crippen molar-refractivity contribution in [2.75, 3.05) is 0 Å². The molecule has 0 radical (unpaired) electrons. The van der Waals surface area contributed by atoms with Crippen LogP contribution in [0.25, 0.3) is 75.5 Å². The lowest BCUT2D eigenvalue weighted by Gasteiger charge is -2.15. The van der Waals surface area contributed by atoms with Crippen LogP contribution in [0.2, 0.25) is 0 Å². The van der Waals surface area contributed by atoms with E-state index in [0.717, 1.165) is 55.3 Å². The van der Waals surface area contributed by atoms with E-state index < -0.39 is 0 Å². The Balaban J connectivity index is 1.50. The molecule has 8 rings (SSSR count). The molecule has 0 bridgehead atoms. The fourth-order valence-electron chi connectivity index (χ4n) is 5.95. The average molecular weight is 528 g/mol. The van der Waals surface area contributed by atoms with Gasteiger partial charge < -0.3 is 4.42 Å². The van der Waals surface area contributed by atoms with Crippen LogP contribution in [0, 0.1) is 11.3 Å². The standard InChI is InChI=1S/C37H21NOS/c38-22-32-30(23-10-2-1-3-11-23)20-24(25-14-8-16-28-26-12-4-6-17-33(26)39-37(25)28)21-31(32)27-15-9-19-35-36(27)29-13-5-7-18-34(29)40-35/h1-21H. The SMILES string of the molecule is N#Cc1c(-c2ccccc2)cc(-c2cccc3c2oc2ccccc23)cc1-c1cccc2sc3ccccc3c12. The summed E-state index contributed by atoms with van der Waals surface area (Å²) in [6.07, 6.45) is 0. The van der Waals surface area contributed by atoms with Gasteiger partial charge in [-0.25, -0.2) is 0 Å². The number of hydrogen-bond acceptors (Lipinski definition) is 3. The summed E-state index contributed by atoms with van der Waals surface area (Å²) in [6, 6.07) is 46.5. The smallest absolute Gasteiger partial charge is 0.143 e. The lowest BCUT2D eigenvalue weighted by Crippen LogP contribution is -1.93. The number of rotatable bonds is 3. The Morgan fingerprint density at radius 2 is 1.20 bits per heavy atom. The Labute approximate surface area is 235 Å². The second kappa shape index (κ2) is 8.95. The molecule has 186 valence electrons. The summed E-state index contributed by atoms with van der Waals surface area (Å²) in [7, 11) is 0. The quantitative estimate of drug-likeness (QED) is 0.229. The number of para-hydroxylation sites is 2.